The second-order valence-electron chi connectivity index (χ2n) is 6.48. The average Bonchev–Trinajstić information content (AvgIpc) is 2.69. The van der Waals surface area contributed by atoms with Crippen LogP contribution in [-0.4, -0.2) is 29.0 Å². The molecule has 0 fully saturated rings. The number of fused-ring (bicyclic) bond motifs is 1. The number of phenolic OH excluding ortho intramolecular Hbond substituents is 1. The number of aromatic hydroxyl groups is 1. The smallest absolute Gasteiger partial charge is 0.342 e. The number of carbonyl (C=O) groups excluding carboxylic acids is 3. The second kappa shape index (κ2) is 8.43. The molecule has 0 aliphatic heterocycles. The highest BCUT2D eigenvalue weighted by Crippen LogP contribution is 2.29. The summed E-state index contributed by atoms with van der Waals surface area (Å²) in [4.78, 5) is 35.8. The van der Waals surface area contributed by atoms with E-state index in [2.05, 4.69) is 10.6 Å². The van der Waals surface area contributed by atoms with E-state index in [-0.39, 0.29) is 17.2 Å². The highest BCUT2D eigenvalue weighted by molar-refractivity contribution is 6.03. The van der Waals surface area contributed by atoms with Gasteiger partial charge in [-0.2, -0.15) is 0 Å². The first-order valence-electron chi connectivity index (χ1n) is 8.95. The van der Waals surface area contributed by atoms with Gasteiger partial charge >= 0.3 is 5.97 Å². The van der Waals surface area contributed by atoms with Gasteiger partial charge in [0, 0.05) is 23.7 Å². The van der Waals surface area contributed by atoms with Crippen molar-refractivity contribution in [3.63, 3.8) is 0 Å². The number of ether oxygens (including phenoxy) is 1. The fraction of sp³-hybridized carbons (Fsp3) is 0.136. The number of esters is 1. The van der Waals surface area contributed by atoms with Crippen LogP contribution in [0.3, 0.4) is 0 Å². The van der Waals surface area contributed by atoms with Crippen molar-refractivity contribution in [3.8, 4) is 5.75 Å². The average molecular weight is 392 g/mol. The summed E-state index contributed by atoms with van der Waals surface area (Å²) in [6.07, 6.45) is -1.08. The van der Waals surface area contributed by atoms with Crippen LogP contribution in [0.1, 0.15) is 24.2 Å². The molecule has 1 atom stereocenters. The van der Waals surface area contributed by atoms with Crippen molar-refractivity contribution in [1.82, 2.24) is 0 Å². The molecule has 0 saturated heterocycles. The van der Waals surface area contributed by atoms with Gasteiger partial charge in [0.15, 0.2) is 6.10 Å². The normalized spacial score (nSPS) is 11.5. The van der Waals surface area contributed by atoms with Crippen molar-refractivity contribution >= 4 is 39.9 Å². The Balaban J connectivity index is 1.65. The minimum absolute atomic E-state index is 0.0111. The maximum Gasteiger partial charge on any atom is 0.342 e. The lowest BCUT2D eigenvalue weighted by Gasteiger charge is -2.15. The summed E-state index contributed by atoms with van der Waals surface area (Å²) in [7, 11) is 0. The number of hydrogen-bond acceptors (Lipinski definition) is 5. The van der Waals surface area contributed by atoms with Crippen LogP contribution in [0, 0.1) is 0 Å². The van der Waals surface area contributed by atoms with Crippen LogP contribution in [-0.2, 0) is 14.3 Å². The zero-order valence-corrected chi connectivity index (χ0v) is 15.9. The summed E-state index contributed by atoms with van der Waals surface area (Å²) >= 11 is 0. The summed E-state index contributed by atoms with van der Waals surface area (Å²) in [5, 5.41) is 16.9. The lowest BCUT2D eigenvalue weighted by atomic mass is 10.1. The maximum absolute atomic E-state index is 12.4. The van der Waals surface area contributed by atoms with Gasteiger partial charge in [0.1, 0.15) is 11.3 Å². The molecule has 0 aromatic heterocycles. The standard InChI is InChI=1S/C22H20N2O5/c1-13(21(27)24-17-10-8-16(9-11-17)23-14(2)25)29-22(28)19-12-7-15-5-3-4-6-18(15)20(19)26/h3-13,26H,1-2H3,(H,23,25)(H,24,27)/t13-/m0/s1. The second-order valence-corrected chi connectivity index (χ2v) is 6.48. The Morgan fingerprint density at radius 2 is 1.52 bits per heavy atom. The van der Waals surface area contributed by atoms with Crippen molar-refractivity contribution in [1.29, 1.82) is 0 Å². The van der Waals surface area contributed by atoms with Gasteiger partial charge < -0.3 is 20.5 Å². The lowest BCUT2D eigenvalue weighted by Crippen LogP contribution is -2.30. The number of anilines is 2. The molecule has 148 valence electrons. The van der Waals surface area contributed by atoms with Gasteiger partial charge in [-0.1, -0.05) is 30.3 Å². The first-order valence-corrected chi connectivity index (χ1v) is 8.95. The summed E-state index contributed by atoms with van der Waals surface area (Å²) in [5.74, 6) is -1.70. The molecule has 0 saturated carbocycles. The van der Waals surface area contributed by atoms with E-state index in [0.29, 0.717) is 16.8 Å². The van der Waals surface area contributed by atoms with E-state index in [9.17, 15) is 19.5 Å². The van der Waals surface area contributed by atoms with Crippen LogP contribution in [0.2, 0.25) is 0 Å². The van der Waals surface area contributed by atoms with Crippen molar-refractivity contribution in [3.05, 3.63) is 66.2 Å². The fourth-order valence-electron chi connectivity index (χ4n) is 2.78. The number of phenols is 1. The molecule has 0 aliphatic rings. The van der Waals surface area contributed by atoms with Crippen LogP contribution in [0.5, 0.6) is 5.75 Å². The van der Waals surface area contributed by atoms with E-state index in [0.717, 1.165) is 5.39 Å². The molecule has 3 rings (SSSR count). The summed E-state index contributed by atoms with van der Waals surface area (Å²) in [6, 6.07) is 16.8. The molecule has 7 nitrogen and oxygen atoms in total. The van der Waals surface area contributed by atoms with E-state index in [1.165, 1.54) is 19.9 Å². The first-order chi connectivity index (χ1) is 13.8. The van der Waals surface area contributed by atoms with Gasteiger partial charge in [0.2, 0.25) is 5.91 Å². The van der Waals surface area contributed by atoms with E-state index < -0.39 is 18.0 Å². The van der Waals surface area contributed by atoms with E-state index in [4.69, 9.17) is 4.74 Å². The van der Waals surface area contributed by atoms with Gasteiger partial charge in [-0.05, 0) is 42.6 Å². The van der Waals surface area contributed by atoms with Crippen LogP contribution in [0.25, 0.3) is 10.8 Å². The number of carbonyl (C=O) groups is 3. The molecular formula is C22H20N2O5. The van der Waals surface area contributed by atoms with Gasteiger partial charge in [-0.15, -0.1) is 0 Å². The number of nitrogens with one attached hydrogen (secondary N) is 2. The Labute approximate surface area is 167 Å². The Hall–Kier alpha value is -3.87. The Kier molecular flexibility index (Phi) is 5.78. The minimum Gasteiger partial charge on any atom is -0.506 e. The Morgan fingerprint density at radius 3 is 2.17 bits per heavy atom. The molecule has 2 amide bonds. The van der Waals surface area contributed by atoms with Gasteiger partial charge in [-0.3, -0.25) is 9.59 Å². The molecule has 0 bridgehead atoms. The number of benzene rings is 3. The summed E-state index contributed by atoms with van der Waals surface area (Å²) in [6.45, 7) is 2.84. The van der Waals surface area contributed by atoms with Crippen molar-refractivity contribution in [2.45, 2.75) is 20.0 Å². The van der Waals surface area contributed by atoms with Crippen LogP contribution in [0.15, 0.2) is 60.7 Å². The number of rotatable bonds is 5. The number of amides is 2. The Morgan fingerprint density at radius 1 is 0.897 bits per heavy atom. The van der Waals surface area contributed by atoms with E-state index >= 15 is 0 Å². The molecule has 3 aromatic rings. The predicted molar refractivity (Wildman–Crippen MR) is 110 cm³/mol. The molecule has 3 N–H and O–H groups in total. The SMILES string of the molecule is CC(=O)Nc1ccc(NC(=O)[C@H](C)OC(=O)c2ccc3ccccc3c2O)cc1. The molecule has 0 spiro atoms. The molecule has 7 heteroatoms. The zero-order valence-electron chi connectivity index (χ0n) is 15.9. The van der Waals surface area contributed by atoms with Crippen molar-refractivity contribution in [2.75, 3.05) is 10.6 Å². The monoisotopic (exact) mass is 392 g/mol. The van der Waals surface area contributed by atoms with Crippen molar-refractivity contribution < 1.29 is 24.2 Å². The topological polar surface area (TPSA) is 105 Å². The molecule has 0 aliphatic carbocycles. The molecule has 0 unspecified atom stereocenters. The Bertz CT molecular complexity index is 1080. The third-order valence-electron chi connectivity index (χ3n) is 4.25. The highest BCUT2D eigenvalue weighted by Gasteiger charge is 2.22. The molecule has 0 heterocycles. The molecule has 0 radical (unpaired) electrons. The zero-order chi connectivity index (χ0) is 21.0. The third-order valence-corrected chi connectivity index (χ3v) is 4.25. The molecule has 29 heavy (non-hydrogen) atoms. The largest absolute Gasteiger partial charge is 0.506 e. The quantitative estimate of drug-likeness (QED) is 0.575. The highest BCUT2D eigenvalue weighted by atomic mass is 16.5. The molecule has 3 aromatic carbocycles. The van der Waals surface area contributed by atoms with E-state index in [1.807, 2.05) is 12.1 Å². The summed E-state index contributed by atoms with van der Waals surface area (Å²) in [5.41, 5.74) is 1.07. The molecular weight excluding hydrogens is 372 g/mol. The first kappa shape index (κ1) is 19.9. The summed E-state index contributed by atoms with van der Waals surface area (Å²) < 4.78 is 5.21. The van der Waals surface area contributed by atoms with E-state index in [1.54, 1.807) is 42.5 Å². The fourth-order valence-corrected chi connectivity index (χ4v) is 2.78. The van der Waals surface area contributed by atoms with Gasteiger partial charge in [0.25, 0.3) is 5.91 Å². The predicted octanol–water partition coefficient (Wildman–Crippen LogP) is 3.69. The third kappa shape index (κ3) is 4.70. The van der Waals surface area contributed by atoms with Crippen molar-refractivity contribution in [2.24, 2.45) is 0 Å². The van der Waals surface area contributed by atoms with Crippen LogP contribution in [0.4, 0.5) is 11.4 Å². The minimum atomic E-state index is -1.08. The lowest BCUT2D eigenvalue weighted by molar-refractivity contribution is -0.123. The van der Waals surface area contributed by atoms with Crippen LogP contribution < -0.4 is 10.6 Å². The van der Waals surface area contributed by atoms with Crippen LogP contribution >= 0.6 is 0 Å². The number of hydrogen-bond donors (Lipinski definition) is 3. The maximum atomic E-state index is 12.4. The van der Waals surface area contributed by atoms with Gasteiger partial charge in [-0.25, -0.2) is 4.79 Å². The van der Waals surface area contributed by atoms with Gasteiger partial charge in [0.05, 0.1) is 0 Å².